The van der Waals surface area contributed by atoms with Crippen molar-refractivity contribution in [1.29, 1.82) is 0 Å². The van der Waals surface area contributed by atoms with Crippen molar-refractivity contribution in [3.05, 3.63) is 64.2 Å². The van der Waals surface area contributed by atoms with Crippen LogP contribution >= 0.6 is 11.6 Å². The van der Waals surface area contributed by atoms with E-state index in [1.807, 2.05) is 31.2 Å². The van der Waals surface area contributed by atoms with Crippen LogP contribution in [0, 0.1) is 0 Å². The molecule has 5 heteroatoms. The number of hydrogen-bond acceptors (Lipinski definition) is 4. The van der Waals surface area contributed by atoms with Gasteiger partial charge in [-0.05, 0) is 41.8 Å². The molecule has 1 aliphatic heterocycles. The molecule has 2 N–H and O–H groups in total. The van der Waals surface area contributed by atoms with Crippen molar-refractivity contribution in [2.75, 3.05) is 13.2 Å². The minimum Gasteiger partial charge on any atom is -0.494 e. The van der Waals surface area contributed by atoms with Crippen LogP contribution in [0.25, 0.3) is 0 Å². The Labute approximate surface area is 172 Å². The van der Waals surface area contributed by atoms with Gasteiger partial charge >= 0.3 is 0 Å². The van der Waals surface area contributed by atoms with E-state index in [-0.39, 0.29) is 24.2 Å². The molecule has 1 fully saturated rings. The summed E-state index contributed by atoms with van der Waals surface area (Å²) >= 11 is 6.58. The molecule has 0 aromatic heterocycles. The maximum Gasteiger partial charge on any atom is 0.119 e. The van der Waals surface area contributed by atoms with E-state index in [1.165, 1.54) is 0 Å². The van der Waals surface area contributed by atoms with E-state index in [0.29, 0.717) is 24.5 Å². The minimum atomic E-state index is -0.478. The molecule has 2 aromatic rings. The van der Waals surface area contributed by atoms with Crippen molar-refractivity contribution in [3.63, 3.8) is 0 Å². The minimum absolute atomic E-state index is 0.0916. The summed E-state index contributed by atoms with van der Waals surface area (Å²) in [5.41, 5.74) is 2.78. The van der Waals surface area contributed by atoms with Crippen LogP contribution in [-0.2, 0) is 10.2 Å². The van der Waals surface area contributed by atoms with Gasteiger partial charge in [0.05, 0.1) is 31.5 Å². The maximum atomic E-state index is 10.1. The Balaban J connectivity index is 1.91. The summed E-state index contributed by atoms with van der Waals surface area (Å²) in [5, 5.41) is 20.3. The maximum absolute atomic E-state index is 10.1. The molecule has 0 saturated carbocycles. The Morgan fingerprint density at radius 1 is 1.14 bits per heavy atom. The summed E-state index contributed by atoms with van der Waals surface area (Å²) < 4.78 is 11.5. The third kappa shape index (κ3) is 4.52. The fourth-order valence-corrected chi connectivity index (χ4v) is 4.19. The van der Waals surface area contributed by atoms with Gasteiger partial charge < -0.3 is 19.7 Å². The molecule has 3 rings (SSSR count). The molecule has 152 valence electrons. The number of rotatable bonds is 6. The second-order valence-corrected chi connectivity index (χ2v) is 8.28. The fourth-order valence-electron chi connectivity index (χ4n) is 3.83. The van der Waals surface area contributed by atoms with Gasteiger partial charge in [-0.25, -0.2) is 0 Å². The van der Waals surface area contributed by atoms with Gasteiger partial charge in [0, 0.05) is 23.3 Å². The SMILES string of the molecule is CCOc1ccc(C(C)(C)c2cc(C3CC(O)CC(CO)O3)ccc2Cl)cc1. The van der Waals surface area contributed by atoms with Crippen molar-refractivity contribution >= 4 is 11.6 Å². The van der Waals surface area contributed by atoms with E-state index in [0.717, 1.165) is 22.4 Å². The molecule has 0 bridgehead atoms. The first kappa shape index (κ1) is 21.1. The van der Waals surface area contributed by atoms with Crippen molar-refractivity contribution in [2.24, 2.45) is 0 Å². The molecule has 1 heterocycles. The molecule has 0 amide bonds. The van der Waals surface area contributed by atoms with Gasteiger partial charge in [0.2, 0.25) is 0 Å². The lowest BCUT2D eigenvalue weighted by Gasteiger charge is -2.34. The molecular formula is C23H29ClO4. The van der Waals surface area contributed by atoms with Gasteiger partial charge in [0.15, 0.2) is 0 Å². The summed E-state index contributed by atoms with van der Waals surface area (Å²) in [5.74, 6) is 0.849. The lowest BCUT2D eigenvalue weighted by Crippen LogP contribution is -2.33. The monoisotopic (exact) mass is 404 g/mol. The topological polar surface area (TPSA) is 58.9 Å². The third-order valence-corrected chi connectivity index (χ3v) is 5.83. The van der Waals surface area contributed by atoms with Crippen molar-refractivity contribution in [2.45, 2.75) is 57.3 Å². The third-order valence-electron chi connectivity index (χ3n) is 5.50. The number of ether oxygens (including phenoxy) is 2. The molecule has 0 aliphatic carbocycles. The molecule has 28 heavy (non-hydrogen) atoms. The summed E-state index contributed by atoms with van der Waals surface area (Å²) in [6, 6.07) is 14.0. The number of halogens is 1. The molecule has 1 aliphatic rings. The second-order valence-electron chi connectivity index (χ2n) is 7.88. The predicted octanol–water partition coefficient (Wildman–Crippen LogP) is 4.64. The lowest BCUT2D eigenvalue weighted by atomic mass is 9.77. The smallest absolute Gasteiger partial charge is 0.119 e. The quantitative estimate of drug-likeness (QED) is 0.736. The number of aliphatic hydroxyl groups is 2. The first-order valence-electron chi connectivity index (χ1n) is 9.82. The Bertz CT molecular complexity index is 788. The molecule has 4 nitrogen and oxygen atoms in total. The zero-order valence-electron chi connectivity index (χ0n) is 16.7. The Hall–Kier alpha value is -1.59. The van der Waals surface area contributed by atoms with E-state index in [1.54, 1.807) is 0 Å². The van der Waals surface area contributed by atoms with Gasteiger partial charge in [0.25, 0.3) is 0 Å². The highest BCUT2D eigenvalue weighted by molar-refractivity contribution is 6.31. The average molecular weight is 405 g/mol. The van der Waals surface area contributed by atoms with Crippen LogP contribution < -0.4 is 4.74 Å². The van der Waals surface area contributed by atoms with Gasteiger partial charge in [-0.2, -0.15) is 0 Å². The average Bonchev–Trinajstić information content (AvgIpc) is 2.68. The molecule has 0 radical (unpaired) electrons. The van der Waals surface area contributed by atoms with E-state index in [4.69, 9.17) is 21.1 Å². The van der Waals surface area contributed by atoms with Crippen molar-refractivity contribution < 1.29 is 19.7 Å². The lowest BCUT2D eigenvalue weighted by molar-refractivity contribution is -0.113. The molecule has 3 unspecified atom stereocenters. The normalized spacial score (nSPS) is 22.9. The number of benzene rings is 2. The molecule has 0 spiro atoms. The molecule has 3 atom stereocenters. The first-order valence-corrected chi connectivity index (χ1v) is 10.2. The fraction of sp³-hybridized carbons (Fsp3) is 0.478. The summed E-state index contributed by atoms with van der Waals surface area (Å²) in [7, 11) is 0. The largest absolute Gasteiger partial charge is 0.494 e. The van der Waals surface area contributed by atoms with Gasteiger partial charge in [-0.3, -0.25) is 0 Å². The molecule has 1 saturated heterocycles. The Kier molecular flexibility index (Phi) is 6.66. The highest BCUT2D eigenvalue weighted by Gasteiger charge is 2.31. The summed E-state index contributed by atoms with van der Waals surface area (Å²) in [6.07, 6.45) is -0.0965. The Morgan fingerprint density at radius 3 is 2.50 bits per heavy atom. The highest BCUT2D eigenvalue weighted by Crippen LogP contribution is 2.40. The van der Waals surface area contributed by atoms with Crippen LogP contribution in [0.15, 0.2) is 42.5 Å². The van der Waals surface area contributed by atoms with Crippen LogP contribution in [0.4, 0.5) is 0 Å². The van der Waals surface area contributed by atoms with Crippen molar-refractivity contribution in [3.8, 4) is 5.75 Å². The van der Waals surface area contributed by atoms with Crippen LogP contribution in [0.5, 0.6) is 5.75 Å². The van der Waals surface area contributed by atoms with Gasteiger partial charge in [-0.15, -0.1) is 0 Å². The van der Waals surface area contributed by atoms with Crippen molar-refractivity contribution in [1.82, 2.24) is 0 Å². The Morgan fingerprint density at radius 2 is 1.86 bits per heavy atom. The van der Waals surface area contributed by atoms with Gasteiger partial charge in [-0.1, -0.05) is 49.7 Å². The first-order chi connectivity index (χ1) is 13.3. The van der Waals surface area contributed by atoms with Crippen LogP contribution in [-0.4, -0.2) is 35.6 Å². The number of aliphatic hydroxyl groups excluding tert-OH is 2. The van der Waals surface area contributed by atoms with Gasteiger partial charge in [0.1, 0.15) is 5.75 Å². The zero-order valence-corrected chi connectivity index (χ0v) is 17.4. The standard InChI is InChI=1S/C23H29ClO4/c1-4-27-18-8-6-16(7-9-18)23(2,3)20-11-15(5-10-21(20)24)22-13-17(26)12-19(14-25)28-22/h5-11,17,19,22,25-26H,4,12-14H2,1-3H3. The number of hydrogen-bond donors (Lipinski definition) is 2. The molecular weight excluding hydrogens is 376 g/mol. The summed E-state index contributed by atoms with van der Waals surface area (Å²) in [4.78, 5) is 0. The van der Waals surface area contributed by atoms with Crippen LogP contribution in [0.1, 0.15) is 56.4 Å². The van der Waals surface area contributed by atoms with E-state index < -0.39 is 6.10 Å². The van der Waals surface area contributed by atoms with E-state index in [2.05, 4.69) is 32.0 Å². The van der Waals surface area contributed by atoms with E-state index >= 15 is 0 Å². The van der Waals surface area contributed by atoms with E-state index in [9.17, 15) is 10.2 Å². The predicted molar refractivity (Wildman–Crippen MR) is 111 cm³/mol. The summed E-state index contributed by atoms with van der Waals surface area (Å²) in [6.45, 7) is 6.79. The van der Waals surface area contributed by atoms with Crippen LogP contribution in [0.3, 0.4) is 0 Å². The van der Waals surface area contributed by atoms with Crippen LogP contribution in [0.2, 0.25) is 5.02 Å². The second kappa shape index (κ2) is 8.83. The molecule has 2 aromatic carbocycles. The zero-order chi connectivity index (χ0) is 20.3. The highest BCUT2D eigenvalue weighted by atomic mass is 35.5.